The zero-order valence-electron chi connectivity index (χ0n) is 17.2. The molecule has 16 radical (unpaired) electrons. The number of nitrogens with one attached hydrogen (secondary N) is 1. The second kappa shape index (κ2) is 7.18. The first kappa shape index (κ1) is 23.0. The summed E-state index contributed by atoms with van der Waals surface area (Å²) in [7, 11) is 50.0. The summed E-state index contributed by atoms with van der Waals surface area (Å²) >= 11 is 0. The van der Waals surface area contributed by atoms with Gasteiger partial charge in [0, 0.05) is 11.6 Å². The van der Waals surface area contributed by atoms with Crippen molar-refractivity contribution in [3.8, 4) is 5.69 Å². The standard InChI is InChI=1S/C19H12B8N4O/c20-15-17(22,23)18(24,25)16(21,19(26,27)29-15)10-4-6-11(7-5-10)31-8-9-2-1-3-12(14(28)32)13(9)30-31/h1-8,15,29H,(H2,28,32)/t15?,16-/m0/s1. The van der Waals surface area contributed by atoms with E-state index in [1.54, 1.807) is 47.3 Å². The Balaban J connectivity index is 1.79. The molecule has 13 heteroatoms. The highest BCUT2D eigenvalue weighted by molar-refractivity contribution is 6.61. The summed E-state index contributed by atoms with van der Waals surface area (Å²) in [6, 6.07) is 11.8. The monoisotopic (exact) mass is 400 g/mol. The molecular weight excluding hydrogens is 387 g/mol. The van der Waals surface area contributed by atoms with Crippen LogP contribution >= 0.6 is 0 Å². The summed E-state index contributed by atoms with van der Waals surface area (Å²) in [5.41, 5.74) is 7.25. The quantitative estimate of drug-likeness (QED) is 0.527. The van der Waals surface area contributed by atoms with E-state index in [1.165, 1.54) is 0 Å². The molecule has 1 fully saturated rings. The van der Waals surface area contributed by atoms with E-state index in [2.05, 4.69) is 10.4 Å². The van der Waals surface area contributed by atoms with Crippen molar-refractivity contribution in [3.05, 3.63) is 59.8 Å². The van der Waals surface area contributed by atoms with Crippen molar-refractivity contribution in [3.63, 3.8) is 0 Å². The van der Waals surface area contributed by atoms with Gasteiger partial charge in [-0.3, -0.25) is 4.79 Å². The summed E-state index contributed by atoms with van der Waals surface area (Å²) in [6.45, 7) is 0. The molecule has 1 aliphatic heterocycles. The summed E-state index contributed by atoms with van der Waals surface area (Å²) in [4.78, 5) is 11.7. The predicted octanol–water partition coefficient (Wildman–Crippen LogP) is -1.52. The molecule has 4 rings (SSSR count). The number of hydrogen-bond donors (Lipinski definition) is 2. The van der Waals surface area contributed by atoms with Gasteiger partial charge in [-0.05, 0) is 24.1 Å². The number of nitrogens with zero attached hydrogens (tertiary/aromatic N) is 2. The van der Waals surface area contributed by atoms with E-state index >= 15 is 0 Å². The van der Waals surface area contributed by atoms with Crippen molar-refractivity contribution < 1.29 is 4.79 Å². The van der Waals surface area contributed by atoms with Crippen molar-refractivity contribution in [2.24, 2.45) is 5.73 Å². The molecule has 2 atom stereocenters. The van der Waals surface area contributed by atoms with E-state index < -0.39 is 32.9 Å². The molecule has 0 bridgehead atoms. The molecule has 138 valence electrons. The van der Waals surface area contributed by atoms with Gasteiger partial charge in [-0.2, -0.15) is 5.10 Å². The highest BCUT2D eigenvalue weighted by Gasteiger charge is 2.60. The fourth-order valence-electron chi connectivity index (χ4n) is 4.16. The third-order valence-corrected chi connectivity index (χ3v) is 6.32. The van der Waals surface area contributed by atoms with Gasteiger partial charge in [0.2, 0.25) is 0 Å². The number of rotatable bonds is 3. The van der Waals surface area contributed by atoms with E-state index in [0.717, 1.165) is 5.39 Å². The number of amides is 1. The highest BCUT2D eigenvalue weighted by Crippen LogP contribution is 2.61. The van der Waals surface area contributed by atoms with Crippen molar-refractivity contribution in [2.45, 2.75) is 27.0 Å². The first-order valence-electron chi connectivity index (χ1n) is 9.68. The van der Waals surface area contributed by atoms with Gasteiger partial charge in [0.15, 0.2) is 0 Å². The van der Waals surface area contributed by atoms with E-state index in [9.17, 15) is 4.79 Å². The lowest BCUT2D eigenvalue weighted by molar-refractivity contribution is 0.100. The molecule has 5 nitrogen and oxygen atoms in total. The average molecular weight is 399 g/mol. The molecule has 1 aromatic heterocycles. The van der Waals surface area contributed by atoms with Crippen LogP contribution in [0.4, 0.5) is 0 Å². The lowest BCUT2D eigenvalue weighted by Crippen LogP contribution is -2.78. The number of benzene rings is 2. The number of piperidine rings is 1. The summed E-state index contributed by atoms with van der Waals surface area (Å²) in [6.07, 6.45) is 1.76. The molecule has 2 aromatic carbocycles. The van der Waals surface area contributed by atoms with E-state index in [4.69, 9.17) is 68.5 Å². The van der Waals surface area contributed by atoms with E-state index in [-0.39, 0.29) is 0 Å². The Labute approximate surface area is 197 Å². The van der Waals surface area contributed by atoms with Crippen LogP contribution in [-0.2, 0) is 5.31 Å². The Morgan fingerprint density at radius 2 is 1.62 bits per heavy atom. The van der Waals surface area contributed by atoms with Crippen molar-refractivity contribution in [2.75, 3.05) is 0 Å². The van der Waals surface area contributed by atoms with E-state index in [0.29, 0.717) is 22.3 Å². The van der Waals surface area contributed by atoms with Crippen molar-refractivity contribution >= 4 is 79.6 Å². The number of aromatic nitrogens is 2. The minimum Gasteiger partial charge on any atom is -0.366 e. The van der Waals surface area contributed by atoms with Crippen LogP contribution in [0.1, 0.15) is 15.9 Å². The van der Waals surface area contributed by atoms with Crippen LogP contribution in [0, 0.1) is 0 Å². The maximum atomic E-state index is 11.7. The van der Waals surface area contributed by atoms with Gasteiger partial charge >= 0.3 is 0 Å². The zero-order valence-corrected chi connectivity index (χ0v) is 17.2. The smallest absolute Gasteiger partial charge is 0.250 e. The first-order chi connectivity index (χ1) is 14.7. The molecule has 1 amide bonds. The van der Waals surface area contributed by atoms with Gasteiger partial charge in [-0.15, -0.1) is 10.4 Å². The number of hydrogen-bond acceptors (Lipinski definition) is 3. The van der Waals surface area contributed by atoms with Crippen LogP contribution in [0.15, 0.2) is 48.7 Å². The molecule has 3 aromatic rings. The lowest BCUT2D eigenvalue weighted by atomic mass is 9.12. The molecule has 3 N–H and O–H groups in total. The second-order valence-corrected chi connectivity index (χ2v) is 8.33. The molecular formula is C19H12B8N4O. The number of fused-ring (bicyclic) bond motifs is 1. The normalized spacial score (nSPS) is 25.9. The molecule has 1 aliphatic rings. The molecule has 0 saturated carbocycles. The molecule has 0 spiro atoms. The summed E-state index contributed by atoms with van der Waals surface area (Å²) < 4.78 is 1.59. The number of nitrogens with two attached hydrogens (primary N) is 1. The Bertz CT molecular complexity index is 1210. The fraction of sp³-hybridized carbons (Fsp3) is 0.263. The number of carbonyl (C=O) groups is 1. The van der Waals surface area contributed by atoms with Crippen LogP contribution in [0.5, 0.6) is 0 Å². The van der Waals surface area contributed by atoms with Gasteiger partial charge in [0.1, 0.15) is 5.52 Å². The molecule has 0 aliphatic carbocycles. The minimum atomic E-state index is -2.01. The summed E-state index contributed by atoms with van der Waals surface area (Å²) in [5.74, 6) is -1.69. The summed E-state index contributed by atoms with van der Waals surface area (Å²) in [5, 5.41) is 0.383. The maximum absolute atomic E-state index is 11.7. The van der Waals surface area contributed by atoms with Gasteiger partial charge in [0.25, 0.3) is 5.91 Å². The topological polar surface area (TPSA) is 72.9 Å². The van der Waals surface area contributed by atoms with Crippen LogP contribution in [0.3, 0.4) is 0 Å². The Morgan fingerprint density at radius 3 is 2.22 bits per heavy atom. The van der Waals surface area contributed by atoms with Crippen LogP contribution in [-0.4, -0.2) is 89.7 Å². The van der Waals surface area contributed by atoms with Gasteiger partial charge < -0.3 is 11.1 Å². The third kappa shape index (κ3) is 3.00. The first-order valence-corrected chi connectivity index (χ1v) is 9.68. The van der Waals surface area contributed by atoms with Gasteiger partial charge in [-0.1, -0.05) is 40.5 Å². The molecule has 1 unspecified atom stereocenters. The largest absolute Gasteiger partial charge is 0.366 e. The van der Waals surface area contributed by atoms with Crippen molar-refractivity contribution in [1.29, 1.82) is 0 Å². The van der Waals surface area contributed by atoms with Crippen LogP contribution < -0.4 is 11.1 Å². The molecule has 32 heavy (non-hydrogen) atoms. The zero-order chi connectivity index (χ0) is 23.7. The van der Waals surface area contributed by atoms with Crippen LogP contribution in [0.2, 0.25) is 10.4 Å². The maximum Gasteiger partial charge on any atom is 0.250 e. The fourth-order valence-corrected chi connectivity index (χ4v) is 4.16. The minimum absolute atomic E-state index is 0.317. The Kier molecular flexibility index (Phi) is 5.17. The second-order valence-electron chi connectivity index (χ2n) is 8.33. The lowest BCUT2D eigenvalue weighted by Gasteiger charge is -2.71. The average Bonchev–Trinajstić information content (AvgIpc) is 3.15. The molecule has 2 heterocycles. The van der Waals surface area contributed by atoms with Crippen molar-refractivity contribution in [1.82, 2.24) is 15.1 Å². The van der Waals surface area contributed by atoms with Crippen LogP contribution in [0.25, 0.3) is 16.6 Å². The predicted molar refractivity (Wildman–Crippen MR) is 132 cm³/mol. The third-order valence-electron chi connectivity index (χ3n) is 6.32. The number of primary amides is 1. The SMILES string of the molecule is [B]C1NC([B])([B])[C@]([B])(c2ccc(-n3cc4cccc(C(N)=O)c4n3)cc2)C([B])([B])C1([B])[B]. The molecule has 1 saturated heterocycles. The highest BCUT2D eigenvalue weighted by atomic mass is 16.1. The van der Waals surface area contributed by atoms with Gasteiger partial charge in [-0.25, -0.2) is 4.68 Å². The van der Waals surface area contributed by atoms with E-state index in [1.807, 2.05) is 6.07 Å². The Morgan fingerprint density at radius 1 is 1.00 bits per heavy atom. The number of carbonyl (C=O) groups excluding carboxylic acids is 1. The Hall–Kier alpha value is -2.14. The van der Waals surface area contributed by atoms with Gasteiger partial charge in [0.05, 0.1) is 74.0 Å².